The first-order valence-electron chi connectivity index (χ1n) is 9.11. The number of benzene rings is 2. The lowest BCUT2D eigenvalue weighted by molar-refractivity contribution is -0.142. The molecule has 1 amide bonds. The molecular weight excluding hydrogens is 383 g/mol. The van der Waals surface area contributed by atoms with Crippen LogP contribution >= 0.6 is 0 Å². The molecule has 0 aromatic heterocycles. The number of rotatable bonds is 7. The fourth-order valence-electron chi connectivity index (χ4n) is 2.58. The van der Waals surface area contributed by atoms with Crippen LogP contribution in [0.4, 0.5) is 18.9 Å². The van der Waals surface area contributed by atoms with E-state index in [2.05, 4.69) is 12.2 Å². The van der Waals surface area contributed by atoms with Gasteiger partial charge in [-0.2, -0.15) is 13.2 Å². The van der Waals surface area contributed by atoms with Gasteiger partial charge < -0.3 is 10.1 Å². The Bertz CT molecular complexity index is 874. The fourth-order valence-corrected chi connectivity index (χ4v) is 2.58. The third-order valence-electron chi connectivity index (χ3n) is 4.37. The molecule has 0 aliphatic rings. The summed E-state index contributed by atoms with van der Waals surface area (Å²) in [5, 5.41) is 2.73. The van der Waals surface area contributed by atoms with Crippen LogP contribution in [-0.2, 0) is 20.5 Å². The predicted molar refractivity (Wildman–Crippen MR) is 105 cm³/mol. The number of esters is 1. The predicted octanol–water partition coefficient (Wildman–Crippen LogP) is 5.41. The van der Waals surface area contributed by atoms with Gasteiger partial charge in [0.2, 0.25) is 0 Å². The van der Waals surface area contributed by atoms with Crippen LogP contribution in [0.3, 0.4) is 0 Å². The maximum absolute atomic E-state index is 12.5. The number of carbonyl (C=O) groups is 2. The van der Waals surface area contributed by atoms with Crippen molar-refractivity contribution in [2.75, 3.05) is 11.9 Å². The first-order chi connectivity index (χ1) is 13.7. The first-order valence-corrected chi connectivity index (χ1v) is 9.11. The number of carbonyl (C=O) groups excluding carboxylic acids is 2. The summed E-state index contributed by atoms with van der Waals surface area (Å²) in [6.45, 7) is 3.64. The van der Waals surface area contributed by atoms with Crippen molar-refractivity contribution in [2.24, 2.45) is 0 Å². The zero-order valence-electron chi connectivity index (χ0n) is 16.1. The largest absolute Gasteiger partial charge is 0.452 e. The fraction of sp³-hybridized carbons (Fsp3) is 0.273. The van der Waals surface area contributed by atoms with E-state index in [1.807, 2.05) is 19.1 Å². The topological polar surface area (TPSA) is 55.4 Å². The van der Waals surface area contributed by atoms with Gasteiger partial charge in [0, 0.05) is 11.8 Å². The van der Waals surface area contributed by atoms with E-state index in [4.69, 9.17) is 4.74 Å². The van der Waals surface area contributed by atoms with Crippen molar-refractivity contribution >= 4 is 23.6 Å². The minimum absolute atomic E-state index is 0.265. The van der Waals surface area contributed by atoms with E-state index in [1.54, 1.807) is 12.1 Å². The van der Waals surface area contributed by atoms with E-state index in [9.17, 15) is 22.8 Å². The summed E-state index contributed by atoms with van der Waals surface area (Å²) in [7, 11) is 0. The SMILES string of the molecule is CC[C@@H](C)c1ccccc1NC(=O)COC(=O)/C=C/c1ccc(C(F)(F)F)cc1. The Kier molecular flexibility index (Phi) is 7.59. The molecule has 2 aromatic rings. The number of hydrogen-bond acceptors (Lipinski definition) is 3. The lowest BCUT2D eigenvalue weighted by Crippen LogP contribution is -2.21. The molecule has 0 unspecified atom stereocenters. The van der Waals surface area contributed by atoms with Gasteiger partial charge in [-0.1, -0.05) is 44.2 Å². The van der Waals surface area contributed by atoms with Gasteiger partial charge in [0.05, 0.1) is 5.56 Å². The summed E-state index contributed by atoms with van der Waals surface area (Å²) in [5.74, 6) is -0.979. The number of anilines is 1. The van der Waals surface area contributed by atoms with Crippen molar-refractivity contribution in [2.45, 2.75) is 32.4 Å². The quantitative estimate of drug-likeness (QED) is 0.495. The van der Waals surface area contributed by atoms with Crippen LogP contribution < -0.4 is 5.32 Å². The van der Waals surface area contributed by atoms with Gasteiger partial charge in [0.25, 0.3) is 5.91 Å². The van der Waals surface area contributed by atoms with Crippen molar-refractivity contribution in [1.82, 2.24) is 0 Å². The number of para-hydroxylation sites is 1. The standard InChI is InChI=1S/C22H22F3NO3/c1-3-15(2)18-6-4-5-7-19(18)26-20(27)14-29-21(28)13-10-16-8-11-17(12-9-16)22(23,24)25/h4-13,15H,3,14H2,1-2H3,(H,26,27)/b13-10+/t15-/m1/s1. The zero-order valence-corrected chi connectivity index (χ0v) is 16.1. The molecule has 2 rings (SSSR count). The summed E-state index contributed by atoms with van der Waals surface area (Å²) < 4.78 is 42.5. The van der Waals surface area contributed by atoms with Gasteiger partial charge >= 0.3 is 12.1 Å². The van der Waals surface area contributed by atoms with Gasteiger partial charge in [-0.3, -0.25) is 4.79 Å². The third kappa shape index (κ3) is 6.78. The summed E-state index contributed by atoms with van der Waals surface area (Å²) in [4.78, 5) is 23.8. The molecule has 1 atom stereocenters. The highest BCUT2D eigenvalue weighted by Gasteiger charge is 2.29. The molecule has 0 aliphatic heterocycles. The summed E-state index contributed by atoms with van der Waals surface area (Å²) in [5.41, 5.74) is 1.30. The van der Waals surface area contributed by atoms with Gasteiger partial charge in [0.15, 0.2) is 6.61 Å². The van der Waals surface area contributed by atoms with Crippen LogP contribution in [0.5, 0.6) is 0 Å². The van der Waals surface area contributed by atoms with E-state index in [0.717, 1.165) is 30.2 Å². The number of nitrogens with one attached hydrogen (secondary N) is 1. The molecule has 29 heavy (non-hydrogen) atoms. The Morgan fingerprint density at radius 1 is 1.10 bits per heavy atom. The summed E-state index contributed by atoms with van der Waals surface area (Å²) in [6.07, 6.45) is -1.12. The van der Waals surface area contributed by atoms with E-state index >= 15 is 0 Å². The molecule has 2 aromatic carbocycles. The molecule has 7 heteroatoms. The summed E-state index contributed by atoms with van der Waals surface area (Å²) in [6, 6.07) is 11.7. The molecule has 0 bridgehead atoms. The minimum atomic E-state index is -4.41. The van der Waals surface area contributed by atoms with Crippen LogP contribution in [0.15, 0.2) is 54.6 Å². The molecule has 0 fully saturated rings. The lowest BCUT2D eigenvalue weighted by Gasteiger charge is -2.15. The van der Waals surface area contributed by atoms with Gasteiger partial charge in [-0.15, -0.1) is 0 Å². The van der Waals surface area contributed by atoms with Crippen molar-refractivity contribution < 1.29 is 27.5 Å². The van der Waals surface area contributed by atoms with Gasteiger partial charge in [0.1, 0.15) is 0 Å². The van der Waals surface area contributed by atoms with Crippen LogP contribution in [0.25, 0.3) is 6.08 Å². The van der Waals surface area contributed by atoms with Crippen molar-refractivity contribution in [3.8, 4) is 0 Å². The first kappa shape index (κ1) is 22.2. The molecule has 0 heterocycles. The van der Waals surface area contributed by atoms with Gasteiger partial charge in [-0.25, -0.2) is 4.79 Å². The maximum atomic E-state index is 12.5. The number of amides is 1. The Balaban J connectivity index is 1.88. The lowest BCUT2D eigenvalue weighted by atomic mass is 9.97. The number of halogens is 3. The van der Waals surface area contributed by atoms with Crippen molar-refractivity contribution in [3.63, 3.8) is 0 Å². The van der Waals surface area contributed by atoms with Crippen molar-refractivity contribution in [3.05, 3.63) is 71.3 Å². The second-order valence-electron chi connectivity index (χ2n) is 6.51. The molecule has 0 radical (unpaired) electrons. The monoisotopic (exact) mass is 405 g/mol. The molecule has 0 spiro atoms. The Labute approximate surface area is 167 Å². The Morgan fingerprint density at radius 2 is 1.76 bits per heavy atom. The molecule has 4 nitrogen and oxygen atoms in total. The van der Waals surface area contributed by atoms with Crippen LogP contribution in [0.2, 0.25) is 0 Å². The van der Waals surface area contributed by atoms with Crippen LogP contribution in [0, 0.1) is 0 Å². The second kappa shape index (κ2) is 9.91. The number of alkyl halides is 3. The number of ether oxygens (including phenoxy) is 1. The molecule has 0 saturated carbocycles. The minimum Gasteiger partial charge on any atom is -0.452 e. The highest BCUT2D eigenvalue weighted by molar-refractivity contribution is 5.95. The third-order valence-corrected chi connectivity index (χ3v) is 4.37. The Morgan fingerprint density at radius 3 is 2.38 bits per heavy atom. The smallest absolute Gasteiger partial charge is 0.416 e. The van der Waals surface area contributed by atoms with E-state index in [-0.39, 0.29) is 5.92 Å². The maximum Gasteiger partial charge on any atom is 0.416 e. The molecule has 154 valence electrons. The number of hydrogen-bond donors (Lipinski definition) is 1. The molecular formula is C22H22F3NO3. The van der Waals surface area contributed by atoms with Gasteiger partial charge in [-0.05, 0) is 47.7 Å². The Hall–Kier alpha value is -3.09. The van der Waals surface area contributed by atoms with Crippen LogP contribution in [-0.4, -0.2) is 18.5 Å². The van der Waals surface area contributed by atoms with E-state index in [0.29, 0.717) is 11.3 Å². The summed E-state index contributed by atoms with van der Waals surface area (Å²) >= 11 is 0. The average molecular weight is 405 g/mol. The van der Waals surface area contributed by atoms with Crippen molar-refractivity contribution in [1.29, 1.82) is 0 Å². The highest BCUT2D eigenvalue weighted by Crippen LogP contribution is 2.29. The molecule has 0 saturated heterocycles. The van der Waals surface area contributed by atoms with Crippen LogP contribution in [0.1, 0.15) is 42.9 Å². The average Bonchev–Trinajstić information content (AvgIpc) is 2.70. The zero-order chi connectivity index (χ0) is 21.4. The van der Waals surface area contributed by atoms with E-state index < -0.39 is 30.2 Å². The molecule has 1 N–H and O–H groups in total. The molecule has 0 aliphatic carbocycles. The second-order valence-corrected chi connectivity index (χ2v) is 6.51. The highest BCUT2D eigenvalue weighted by atomic mass is 19.4. The normalized spacial score (nSPS) is 12.6. The van der Waals surface area contributed by atoms with E-state index in [1.165, 1.54) is 18.2 Å².